The quantitative estimate of drug-likeness (QED) is 0.617. The van der Waals surface area contributed by atoms with Crippen LogP contribution in [-0.4, -0.2) is 26.6 Å². The molecule has 1 aliphatic heterocycles. The van der Waals surface area contributed by atoms with Crippen LogP contribution in [-0.2, 0) is 9.59 Å². The van der Waals surface area contributed by atoms with E-state index in [0.29, 0.717) is 28.6 Å². The highest BCUT2D eigenvalue weighted by Gasteiger charge is 2.33. The monoisotopic (exact) mass is 406 g/mol. The summed E-state index contributed by atoms with van der Waals surface area (Å²) in [6.07, 6.45) is 1.41. The molecule has 0 saturated carbocycles. The van der Waals surface area contributed by atoms with E-state index in [-0.39, 0.29) is 17.6 Å². The van der Waals surface area contributed by atoms with E-state index in [2.05, 4.69) is 26.0 Å². The Bertz CT molecular complexity index is 1140. The van der Waals surface area contributed by atoms with Crippen molar-refractivity contribution in [3.63, 3.8) is 0 Å². The molecule has 0 unspecified atom stereocenters. The first-order chi connectivity index (χ1) is 14.4. The molecule has 0 radical (unpaired) electrons. The van der Waals surface area contributed by atoms with Crippen molar-refractivity contribution in [2.24, 2.45) is 0 Å². The van der Waals surface area contributed by atoms with E-state index in [1.807, 2.05) is 12.1 Å². The number of benzene rings is 2. The molecule has 152 valence electrons. The molecule has 2 aromatic carbocycles. The standard InChI is InChI=1S/C21H19FN6O2/c1-12-18(20(30)27-17-9-5-15(22)6-10-17)19(28-21(25-12)23-11-24-28)14-3-7-16(8-4-14)26-13(2)29/h3-11,19H,1-2H3,(H,26,29)(H,27,30)(H,23,24,25)/t19-/m0/s1. The molecule has 0 aliphatic carbocycles. The number of anilines is 3. The summed E-state index contributed by atoms with van der Waals surface area (Å²) < 4.78 is 14.8. The molecule has 1 aliphatic rings. The number of carbonyl (C=O) groups excluding carboxylic acids is 2. The van der Waals surface area contributed by atoms with Crippen molar-refractivity contribution in [2.75, 3.05) is 16.0 Å². The number of carbonyl (C=O) groups is 2. The lowest BCUT2D eigenvalue weighted by Gasteiger charge is -2.28. The highest BCUT2D eigenvalue weighted by atomic mass is 19.1. The summed E-state index contributed by atoms with van der Waals surface area (Å²) in [5.74, 6) is -0.379. The maximum atomic E-state index is 13.2. The molecule has 4 rings (SSSR count). The van der Waals surface area contributed by atoms with Crippen molar-refractivity contribution in [1.82, 2.24) is 14.8 Å². The minimum absolute atomic E-state index is 0.168. The molecule has 2 heterocycles. The smallest absolute Gasteiger partial charge is 0.255 e. The Kier molecular flexibility index (Phi) is 5.01. The predicted octanol–water partition coefficient (Wildman–Crippen LogP) is 3.30. The van der Waals surface area contributed by atoms with E-state index in [1.54, 1.807) is 23.7 Å². The summed E-state index contributed by atoms with van der Waals surface area (Å²) in [4.78, 5) is 28.7. The third kappa shape index (κ3) is 3.77. The fraction of sp³-hybridized carbons (Fsp3) is 0.143. The zero-order chi connectivity index (χ0) is 21.3. The lowest BCUT2D eigenvalue weighted by Crippen LogP contribution is -2.31. The number of aromatic nitrogens is 3. The van der Waals surface area contributed by atoms with Gasteiger partial charge in [-0.15, -0.1) is 0 Å². The van der Waals surface area contributed by atoms with Crippen molar-refractivity contribution in [1.29, 1.82) is 0 Å². The van der Waals surface area contributed by atoms with Crippen LogP contribution in [0.25, 0.3) is 0 Å². The first-order valence-electron chi connectivity index (χ1n) is 9.24. The van der Waals surface area contributed by atoms with E-state index >= 15 is 0 Å². The Morgan fingerprint density at radius 1 is 1.03 bits per heavy atom. The molecular weight excluding hydrogens is 387 g/mol. The Balaban J connectivity index is 1.70. The average molecular weight is 406 g/mol. The van der Waals surface area contributed by atoms with Gasteiger partial charge in [0.2, 0.25) is 11.9 Å². The minimum atomic E-state index is -0.532. The van der Waals surface area contributed by atoms with Crippen molar-refractivity contribution in [3.8, 4) is 0 Å². The number of rotatable bonds is 4. The number of nitrogens with zero attached hydrogens (tertiary/aromatic N) is 3. The van der Waals surface area contributed by atoms with Gasteiger partial charge < -0.3 is 16.0 Å². The molecule has 3 aromatic rings. The van der Waals surface area contributed by atoms with Crippen LogP contribution in [0, 0.1) is 5.82 Å². The fourth-order valence-corrected chi connectivity index (χ4v) is 3.38. The maximum absolute atomic E-state index is 13.2. The zero-order valence-electron chi connectivity index (χ0n) is 16.3. The van der Waals surface area contributed by atoms with Gasteiger partial charge in [-0.25, -0.2) is 9.07 Å². The van der Waals surface area contributed by atoms with Crippen LogP contribution in [0.15, 0.2) is 66.1 Å². The van der Waals surface area contributed by atoms with Gasteiger partial charge in [-0.2, -0.15) is 10.1 Å². The van der Waals surface area contributed by atoms with Gasteiger partial charge in [0, 0.05) is 24.0 Å². The Hall–Kier alpha value is -4.01. The normalized spacial score (nSPS) is 15.2. The first-order valence-corrected chi connectivity index (χ1v) is 9.24. The summed E-state index contributed by atoms with van der Waals surface area (Å²) in [6, 6.07) is 12.2. The van der Waals surface area contributed by atoms with Crippen LogP contribution >= 0.6 is 0 Å². The number of amides is 2. The summed E-state index contributed by atoms with van der Waals surface area (Å²) in [5.41, 5.74) is 3.00. The minimum Gasteiger partial charge on any atom is -0.328 e. The molecule has 2 amide bonds. The summed E-state index contributed by atoms with van der Waals surface area (Å²) in [7, 11) is 0. The van der Waals surface area contributed by atoms with E-state index < -0.39 is 6.04 Å². The highest BCUT2D eigenvalue weighted by molar-refractivity contribution is 6.06. The van der Waals surface area contributed by atoms with Crippen LogP contribution in [0.5, 0.6) is 0 Å². The highest BCUT2D eigenvalue weighted by Crippen LogP contribution is 2.35. The van der Waals surface area contributed by atoms with Gasteiger partial charge in [-0.3, -0.25) is 9.59 Å². The Labute approximate surface area is 171 Å². The molecule has 0 bridgehead atoms. The molecular formula is C21H19FN6O2. The van der Waals surface area contributed by atoms with Gasteiger partial charge in [0.1, 0.15) is 18.2 Å². The van der Waals surface area contributed by atoms with E-state index in [4.69, 9.17) is 0 Å². The molecule has 30 heavy (non-hydrogen) atoms. The van der Waals surface area contributed by atoms with Crippen molar-refractivity contribution >= 4 is 29.1 Å². The van der Waals surface area contributed by atoms with Gasteiger partial charge in [0.25, 0.3) is 5.91 Å². The van der Waals surface area contributed by atoms with Gasteiger partial charge in [-0.1, -0.05) is 12.1 Å². The lowest BCUT2D eigenvalue weighted by atomic mass is 9.94. The summed E-state index contributed by atoms with van der Waals surface area (Å²) in [5, 5.41) is 12.9. The first kappa shape index (κ1) is 19.3. The molecule has 0 saturated heterocycles. The van der Waals surface area contributed by atoms with Crippen LogP contribution in [0.2, 0.25) is 0 Å². The molecule has 0 spiro atoms. The van der Waals surface area contributed by atoms with E-state index in [9.17, 15) is 14.0 Å². The third-order valence-corrected chi connectivity index (χ3v) is 4.69. The second kappa shape index (κ2) is 7.78. The molecule has 8 nitrogen and oxygen atoms in total. The van der Waals surface area contributed by atoms with Crippen LogP contribution < -0.4 is 16.0 Å². The second-order valence-electron chi connectivity index (χ2n) is 6.86. The largest absolute Gasteiger partial charge is 0.328 e. The number of fused-ring (bicyclic) bond motifs is 1. The molecule has 9 heteroatoms. The van der Waals surface area contributed by atoms with Gasteiger partial charge in [0.05, 0.1) is 5.57 Å². The van der Waals surface area contributed by atoms with Crippen LogP contribution in [0.3, 0.4) is 0 Å². The SMILES string of the molecule is CC(=O)Nc1ccc([C@H]2C(C(=O)Nc3ccc(F)cc3)=C(C)Nc3ncnn32)cc1. The molecule has 1 atom stereocenters. The number of nitrogens with one attached hydrogen (secondary N) is 3. The van der Waals surface area contributed by atoms with Crippen LogP contribution in [0.4, 0.5) is 21.7 Å². The van der Waals surface area contributed by atoms with Gasteiger partial charge >= 0.3 is 0 Å². The molecule has 3 N–H and O–H groups in total. The van der Waals surface area contributed by atoms with E-state index in [0.717, 1.165) is 5.56 Å². The molecule has 1 aromatic heterocycles. The fourth-order valence-electron chi connectivity index (χ4n) is 3.38. The average Bonchev–Trinajstić information content (AvgIpc) is 3.17. The van der Waals surface area contributed by atoms with Gasteiger partial charge in [0.15, 0.2) is 0 Å². The van der Waals surface area contributed by atoms with Gasteiger partial charge in [-0.05, 0) is 48.9 Å². The number of hydrogen-bond acceptors (Lipinski definition) is 5. The summed E-state index contributed by atoms with van der Waals surface area (Å²) >= 11 is 0. The van der Waals surface area contributed by atoms with Crippen molar-refractivity contribution in [3.05, 3.63) is 77.5 Å². The van der Waals surface area contributed by atoms with E-state index in [1.165, 1.54) is 37.5 Å². The van der Waals surface area contributed by atoms with Crippen LogP contribution in [0.1, 0.15) is 25.5 Å². The number of halogens is 1. The van der Waals surface area contributed by atoms with Crippen molar-refractivity contribution < 1.29 is 14.0 Å². The number of allylic oxidation sites excluding steroid dienone is 1. The Morgan fingerprint density at radius 2 is 1.67 bits per heavy atom. The summed E-state index contributed by atoms with van der Waals surface area (Å²) in [6.45, 7) is 3.23. The second-order valence-corrected chi connectivity index (χ2v) is 6.86. The Morgan fingerprint density at radius 3 is 2.33 bits per heavy atom. The zero-order valence-corrected chi connectivity index (χ0v) is 16.3. The predicted molar refractivity (Wildman–Crippen MR) is 110 cm³/mol. The maximum Gasteiger partial charge on any atom is 0.255 e. The number of hydrogen-bond donors (Lipinski definition) is 3. The van der Waals surface area contributed by atoms with Crippen molar-refractivity contribution in [2.45, 2.75) is 19.9 Å². The topological polar surface area (TPSA) is 101 Å². The lowest BCUT2D eigenvalue weighted by molar-refractivity contribution is -0.114. The molecule has 0 fully saturated rings. The third-order valence-electron chi connectivity index (χ3n) is 4.69.